The van der Waals surface area contributed by atoms with Crippen molar-refractivity contribution < 1.29 is 0 Å². The van der Waals surface area contributed by atoms with Crippen molar-refractivity contribution in [3.05, 3.63) is 27.7 Å². The fourth-order valence-electron chi connectivity index (χ4n) is 1.97. The molecule has 0 spiro atoms. The SMILES string of the molecule is CCNC(=NCc1nc(C)c(C)s1)N(C)Cc1ncnn1C.I. The number of hydrogen-bond acceptors (Lipinski definition) is 5. The van der Waals surface area contributed by atoms with Crippen molar-refractivity contribution >= 4 is 41.3 Å². The van der Waals surface area contributed by atoms with Gasteiger partial charge in [0.15, 0.2) is 5.96 Å². The van der Waals surface area contributed by atoms with Gasteiger partial charge in [0.05, 0.1) is 18.8 Å². The summed E-state index contributed by atoms with van der Waals surface area (Å²) in [5, 5.41) is 8.43. The van der Waals surface area contributed by atoms with Crippen LogP contribution in [0.2, 0.25) is 0 Å². The molecule has 0 aliphatic rings. The van der Waals surface area contributed by atoms with Gasteiger partial charge in [0.2, 0.25) is 0 Å². The molecule has 0 radical (unpaired) electrons. The maximum atomic E-state index is 4.67. The predicted molar refractivity (Wildman–Crippen MR) is 104 cm³/mol. The number of hydrogen-bond donors (Lipinski definition) is 1. The van der Waals surface area contributed by atoms with Crippen LogP contribution < -0.4 is 5.32 Å². The molecule has 0 aliphatic heterocycles. The van der Waals surface area contributed by atoms with E-state index < -0.39 is 0 Å². The number of rotatable bonds is 5. The Balaban J connectivity index is 0.00000264. The van der Waals surface area contributed by atoms with Gasteiger partial charge < -0.3 is 10.2 Å². The monoisotopic (exact) mass is 449 g/mol. The molecular weight excluding hydrogens is 425 g/mol. The van der Waals surface area contributed by atoms with Crippen molar-refractivity contribution in [2.75, 3.05) is 13.6 Å². The van der Waals surface area contributed by atoms with Gasteiger partial charge in [0, 0.05) is 25.5 Å². The average Bonchev–Trinajstić information content (AvgIpc) is 3.01. The summed E-state index contributed by atoms with van der Waals surface area (Å²) >= 11 is 1.70. The molecule has 0 fully saturated rings. The fraction of sp³-hybridized carbons (Fsp3) is 0.571. The van der Waals surface area contributed by atoms with Crippen molar-refractivity contribution in [3.8, 4) is 0 Å². The van der Waals surface area contributed by atoms with Crippen molar-refractivity contribution in [1.82, 2.24) is 30.0 Å². The number of nitrogens with one attached hydrogen (secondary N) is 1. The highest BCUT2D eigenvalue weighted by molar-refractivity contribution is 14.0. The average molecular weight is 449 g/mol. The molecule has 2 aromatic heterocycles. The highest BCUT2D eigenvalue weighted by Crippen LogP contribution is 2.17. The minimum absolute atomic E-state index is 0. The molecule has 0 bridgehead atoms. The second-order valence-electron chi connectivity index (χ2n) is 5.08. The topological polar surface area (TPSA) is 71.2 Å². The van der Waals surface area contributed by atoms with E-state index >= 15 is 0 Å². The Bertz CT molecular complexity index is 630. The summed E-state index contributed by atoms with van der Waals surface area (Å²) in [4.78, 5) is 16.7. The standard InChI is InChI=1S/C14H23N7S.HI/c1-6-15-14(16-7-13-19-10(2)11(3)22-13)20(4)8-12-17-9-18-21(12)5;/h9H,6-8H2,1-5H3,(H,15,16);1H. The van der Waals surface area contributed by atoms with Gasteiger partial charge in [0.25, 0.3) is 0 Å². The van der Waals surface area contributed by atoms with Crippen LogP contribution in [0.1, 0.15) is 28.3 Å². The Kier molecular flexibility index (Phi) is 7.89. The third-order valence-electron chi connectivity index (χ3n) is 3.32. The molecule has 2 aromatic rings. The van der Waals surface area contributed by atoms with E-state index in [0.29, 0.717) is 13.1 Å². The molecule has 1 N–H and O–H groups in total. The van der Waals surface area contributed by atoms with Crippen molar-refractivity contribution in [2.24, 2.45) is 12.0 Å². The molecule has 0 saturated carbocycles. The van der Waals surface area contributed by atoms with E-state index in [1.165, 1.54) is 4.88 Å². The molecule has 23 heavy (non-hydrogen) atoms. The Morgan fingerprint density at radius 3 is 2.70 bits per heavy atom. The highest BCUT2D eigenvalue weighted by Gasteiger charge is 2.10. The second kappa shape index (κ2) is 9.16. The lowest BCUT2D eigenvalue weighted by molar-refractivity contribution is 0.448. The van der Waals surface area contributed by atoms with Crippen LogP contribution >= 0.6 is 35.3 Å². The van der Waals surface area contributed by atoms with Crippen LogP contribution in [0.3, 0.4) is 0 Å². The summed E-state index contributed by atoms with van der Waals surface area (Å²) in [6.07, 6.45) is 1.56. The number of thiazole rings is 1. The normalized spacial score (nSPS) is 11.3. The Labute approximate surface area is 158 Å². The van der Waals surface area contributed by atoms with Crippen LogP contribution in [0, 0.1) is 13.8 Å². The quantitative estimate of drug-likeness (QED) is 0.430. The molecule has 128 valence electrons. The first-order chi connectivity index (χ1) is 10.5. The number of aryl methyl sites for hydroxylation is 3. The van der Waals surface area contributed by atoms with E-state index in [4.69, 9.17) is 0 Å². The largest absolute Gasteiger partial charge is 0.357 e. The van der Waals surface area contributed by atoms with E-state index in [1.807, 2.05) is 25.9 Å². The third-order valence-corrected chi connectivity index (χ3v) is 4.37. The number of aromatic nitrogens is 4. The zero-order valence-corrected chi connectivity index (χ0v) is 17.3. The zero-order chi connectivity index (χ0) is 16.1. The number of halogens is 1. The lowest BCUT2D eigenvalue weighted by Gasteiger charge is -2.21. The summed E-state index contributed by atoms with van der Waals surface area (Å²) in [6.45, 7) is 8.24. The van der Waals surface area contributed by atoms with Crippen LogP contribution in [-0.2, 0) is 20.1 Å². The van der Waals surface area contributed by atoms with Gasteiger partial charge in [-0.15, -0.1) is 35.3 Å². The van der Waals surface area contributed by atoms with E-state index in [1.54, 1.807) is 22.3 Å². The summed E-state index contributed by atoms with van der Waals surface area (Å²) in [5.41, 5.74) is 1.09. The molecule has 0 unspecified atom stereocenters. The summed E-state index contributed by atoms with van der Waals surface area (Å²) in [5.74, 6) is 1.74. The van der Waals surface area contributed by atoms with Gasteiger partial charge >= 0.3 is 0 Å². The zero-order valence-electron chi connectivity index (χ0n) is 14.2. The number of aliphatic imine (C=N–C) groups is 1. The first-order valence-electron chi connectivity index (χ1n) is 7.26. The summed E-state index contributed by atoms with van der Waals surface area (Å²) in [7, 11) is 3.88. The van der Waals surface area contributed by atoms with E-state index in [9.17, 15) is 0 Å². The van der Waals surface area contributed by atoms with Gasteiger partial charge in [0.1, 0.15) is 17.2 Å². The minimum atomic E-state index is 0. The Morgan fingerprint density at radius 1 is 1.43 bits per heavy atom. The summed E-state index contributed by atoms with van der Waals surface area (Å²) < 4.78 is 1.77. The van der Waals surface area contributed by atoms with Crippen LogP contribution in [-0.4, -0.2) is 44.2 Å². The molecule has 0 amide bonds. The molecule has 7 nitrogen and oxygen atoms in total. The molecular formula is C14H24IN7S. The number of guanidine groups is 1. The van der Waals surface area contributed by atoms with Crippen molar-refractivity contribution in [3.63, 3.8) is 0 Å². The van der Waals surface area contributed by atoms with E-state index in [0.717, 1.165) is 29.0 Å². The minimum Gasteiger partial charge on any atom is -0.357 e. The van der Waals surface area contributed by atoms with Crippen molar-refractivity contribution in [1.29, 1.82) is 0 Å². The van der Waals surface area contributed by atoms with Crippen LogP contribution in [0.5, 0.6) is 0 Å². The number of nitrogens with zero attached hydrogens (tertiary/aromatic N) is 6. The molecule has 0 aromatic carbocycles. The van der Waals surface area contributed by atoms with E-state index in [-0.39, 0.29) is 24.0 Å². The van der Waals surface area contributed by atoms with Gasteiger partial charge in [-0.1, -0.05) is 0 Å². The lowest BCUT2D eigenvalue weighted by Crippen LogP contribution is -2.39. The predicted octanol–water partition coefficient (Wildman–Crippen LogP) is 2.10. The Hall–Kier alpha value is -1.23. The molecule has 2 rings (SSSR count). The Morgan fingerprint density at radius 2 is 2.17 bits per heavy atom. The van der Waals surface area contributed by atoms with Gasteiger partial charge in [-0.3, -0.25) is 4.68 Å². The van der Waals surface area contributed by atoms with Crippen LogP contribution in [0.25, 0.3) is 0 Å². The maximum absolute atomic E-state index is 4.67. The molecule has 2 heterocycles. The molecule has 0 saturated heterocycles. The fourth-order valence-corrected chi connectivity index (χ4v) is 2.83. The molecule has 9 heteroatoms. The first-order valence-corrected chi connectivity index (χ1v) is 8.08. The van der Waals surface area contributed by atoms with E-state index in [2.05, 4.69) is 39.2 Å². The van der Waals surface area contributed by atoms with Crippen molar-refractivity contribution in [2.45, 2.75) is 33.9 Å². The molecule has 0 atom stereocenters. The smallest absolute Gasteiger partial charge is 0.194 e. The van der Waals surface area contributed by atoms with Gasteiger partial charge in [-0.05, 0) is 20.8 Å². The maximum Gasteiger partial charge on any atom is 0.194 e. The van der Waals surface area contributed by atoms with Gasteiger partial charge in [-0.2, -0.15) is 5.10 Å². The van der Waals surface area contributed by atoms with Gasteiger partial charge in [-0.25, -0.2) is 15.0 Å². The lowest BCUT2D eigenvalue weighted by atomic mass is 10.4. The molecule has 0 aliphatic carbocycles. The highest BCUT2D eigenvalue weighted by atomic mass is 127. The second-order valence-corrected chi connectivity index (χ2v) is 6.36. The van der Waals surface area contributed by atoms with Crippen LogP contribution in [0.4, 0.5) is 0 Å². The third kappa shape index (κ3) is 5.41. The summed E-state index contributed by atoms with van der Waals surface area (Å²) in [6, 6.07) is 0. The van der Waals surface area contributed by atoms with Crippen LogP contribution in [0.15, 0.2) is 11.3 Å². The first kappa shape index (κ1) is 19.8.